The molecular formula is C15H15ClFNO2. The van der Waals surface area contributed by atoms with Crippen LogP contribution in [0.2, 0.25) is 5.02 Å². The van der Waals surface area contributed by atoms with Crippen LogP contribution in [-0.4, -0.2) is 6.61 Å². The summed E-state index contributed by atoms with van der Waals surface area (Å²) in [6.07, 6.45) is 0.786. The lowest BCUT2D eigenvalue weighted by Crippen LogP contribution is -2.00. The van der Waals surface area contributed by atoms with E-state index in [0.717, 1.165) is 6.42 Å². The molecule has 0 saturated carbocycles. The zero-order valence-electron chi connectivity index (χ0n) is 11.0. The highest BCUT2D eigenvalue weighted by atomic mass is 35.5. The van der Waals surface area contributed by atoms with Crippen molar-refractivity contribution in [2.24, 2.45) is 0 Å². The molecule has 20 heavy (non-hydrogen) atoms. The normalized spacial score (nSPS) is 10.3. The molecule has 0 heterocycles. The molecule has 0 saturated heterocycles. The van der Waals surface area contributed by atoms with Crippen molar-refractivity contribution >= 4 is 17.3 Å². The maximum Gasteiger partial charge on any atom is 0.167 e. The van der Waals surface area contributed by atoms with Gasteiger partial charge in [0.1, 0.15) is 5.75 Å². The Morgan fingerprint density at radius 1 is 1.20 bits per heavy atom. The number of rotatable bonds is 5. The monoisotopic (exact) mass is 295 g/mol. The second kappa shape index (κ2) is 6.48. The second-order valence-electron chi connectivity index (χ2n) is 4.23. The molecule has 0 bridgehead atoms. The largest absolute Gasteiger partial charge is 0.490 e. The number of hydrogen-bond acceptors (Lipinski definition) is 3. The van der Waals surface area contributed by atoms with E-state index < -0.39 is 5.82 Å². The van der Waals surface area contributed by atoms with Gasteiger partial charge in [0.15, 0.2) is 17.3 Å². The predicted octanol–water partition coefficient (Wildman–Crippen LogP) is 4.64. The lowest BCUT2D eigenvalue weighted by atomic mass is 10.2. The van der Waals surface area contributed by atoms with Gasteiger partial charge in [-0.15, -0.1) is 0 Å². The Labute approximate surface area is 122 Å². The van der Waals surface area contributed by atoms with Crippen molar-refractivity contribution < 1.29 is 13.9 Å². The molecule has 3 nitrogen and oxygen atoms in total. The minimum Gasteiger partial charge on any atom is -0.490 e. The average molecular weight is 296 g/mol. The van der Waals surface area contributed by atoms with Crippen LogP contribution >= 0.6 is 11.6 Å². The quantitative estimate of drug-likeness (QED) is 0.817. The molecule has 2 aromatic carbocycles. The number of benzene rings is 2. The van der Waals surface area contributed by atoms with Crippen LogP contribution in [0.25, 0.3) is 0 Å². The molecule has 0 aliphatic rings. The highest BCUT2D eigenvalue weighted by Crippen LogP contribution is 2.34. The van der Waals surface area contributed by atoms with Gasteiger partial charge in [0.05, 0.1) is 12.3 Å². The summed E-state index contributed by atoms with van der Waals surface area (Å²) in [5.74, 6) is 0.476. The van der Waals surface area contributed by atoms with Crippen molar-refractivity contribution in [3.05, 3.63) is 47.2 Å². The standard InChI is InChI=1S/C15H15ClFNO2/c1-2-6-19-14-9-15(13(18)8-12(14)17)20-11-5-3-4-10(16)7-11/h3-5,7-9H,2,6,18H2,1H3. The van der Waals surface area contributed by atoms with Gasteiger partial charge < -0.3 is 15.2 Å². The van der Waals surface area contributed by atoms with Crippen molar-refractivity contribution in [3.63, 3.8) is 0 Å². The first kappa shape index (κ1) is 14.5. The van der Waals surface area contributed by atoms with E-state index in [1.807, 2.05) is 6.92 Å². The van der Waals surface area contributed by atoms with Crippen molar-refractivity contribution in [2.45, 2.75) is 13.3 Å². The summed E-state index contributed by atoms with van der Waals surface area (Å²) in [5, 5.41) is 0.547. The van der Waals surface area contributed by atoms with Crippen LogP contribution in [0.1, 0.15) is 13.3 Å². The van der Waals surface area contributed by atoms with Crippen LogP contribution in [0.4, 0.5) is 10.1 Å². The number of hydrogen-bond donors (Lipinski definition) is 1. The Bertz CT molecular complexity index is 604. The molecule has 0 aliphatic carbocycles. The Balaban J connectivity index is 2.26. The topological polar surface area (TPSA) is 44.5 Å². The zero-order valence-corrected chi connectivity index (χ0v) is 11.8. The third kappa shape index (κ3) is 3.54. The Kier molecular flexibility index (Phi) is 4.69. The maximum atomic E-state index is 13.7. The van der Waals surface area contributed by atoms with Crippen molar-refractivity contribution in [2.75, 3.05) is 12.3 Å². The van der Waals surface area contributed by atoms with Crippen molar-refractivity contribution in [3.8, 4) is 17.2 Å². The molecule has 106 valence electrons. The first-order valence-electron chi connectivity index (χ1n) is 6.25. The number of ether oxygens (including phenoxy) is 2. The highest BCUT2D eigenvalue weighted by Gasteiger charge is 2.11. The Morgan fingerprint density at radius 2 is 2.00 bits per heavy atom. The van der Waals surface area contributed by atoms with Crippen molar-refractivity contribution in [1.82, 2.24) is 0 Å². The van der Waals surface area contributed by atoms with E-state index in [9.17, 15) is 4.39 Å². The Hall–Kier alpha value is -1.94. The fraction of sp³-hybridized carbons (Fsp3) is 0.200. The molecule has 2 N–H and O–H groups in total. The zero-order chi connectivity index (χ0) is 14.5. The summed E-state index contributed by atoms with van der Waals surface area (Å²) in [6.45, 7) is 2.37. The fourth-order valence-corrected chi connectivity index (χ4v) is 1.80. The van der Waals surface area contributed by atoms with E-state index in [2.05, 4.69) is 0 Å². The van der Waals surface area contributed by atoms with E-state index in [-0.39, 0.29) is 11.4 Å². The van der Waals surface area contributed by atoms with Crippen LogP contribution in [0, 0.1) is 5.82 Å². The third-order valence-corrected chi connectivity index (χ3v) is 2.78. The van der Waals surface area contributed by atoms with Gasteiger partial charge >= 0.3 is 0 Å². The number of nitrogens with two attached hydrogens (primary N) is 1. The molecule has 0 fully saturated rings. The second-order valence-corrected chi connectivity index (χ2v) is 4.66. The smallest absolute Gasteiger partial charge is 0.167 e. The molecule has 2 aromatic rings. The molecule has 0 spiro atoms. The Morgan fingerprint density at radius 3 is 2.70 bits per heavy atom. The minimum atomic E-state index is -0.505. The molecular weight excluding hydrogens is 281 g/mol. The van der Waals surface area contributed by atoms with Gasteiger partial charge in [0, 0.05) is 17.2 Å². The van der Waals surface area contributed by atoms with Gasteiger partial charge in [-0.05, 0) is 24.6 Å². The molecule has 0 unspecified atom stereocenters. The first-order chi connectivity index (χ1) is 9.60. The fourth-order valence-electron chi connectivity index (χ4n) is 1.62. The number of halogens is 2. The van der Waals surface area contributed by atoms with Crippen LogP contribution in [0.15, 0.2) is 36.4 Å². The summed E-state index contributed by atoms with van der Waals surface area (Å²) < 4.78 is 24.6. The van der Waals surface area contributed by atoms with Crippen LogP contribution in [-0.2, 0) is 0 Å². The summed E-state index contributed by atoms with van der Waals surface area (Å²) in [4.78, 5) is 0. The van der Waals surface area contributed by atoms with Crippen LogP contribution in [0.5, 0.6) is 17.2 Å². The van der Waals surface area contributed by atoms with Crippen LogP contribution in [0.3, 0.4) is 0 Å². The van der Waals surface area contributed by atoms with E-state index in [1.54, 1.807) is 24.3 Å². The van der Waals surface area contributed by atoms with Gasteiger partial charge in [-0.3, -0.25) is 0 Å². The molecule has 0 aromatic heterocycles. The van der Waals surface area contributed by atoms with E-state index >= 15 is 0 Å². The maximum absolute atomic E-state index is 13.7. The van der Waals surface area contributed by atoms with E-state index in [0.29, 0.717) is 23.1 Å². The predicted molar refractivity (Wildman–Crippen MR) is 78.1 cm³/mol. The molecule has 0 atom stereocenters. The molecule has 0 radical (unpaired) electrons. The van der Waals surface area contributed by atoms with Crippen molar-refractivity contribution in [1.29, 1.82) is 0 Å². The molecule has 2 rings (SSSR count). The summed E-state index contributed by atoms with van der Waals surface area (Å²) in [6, 6.07) is 9.51. The lowest BCUT2D eigenvalue weighted by Gasteiger charge is -2.12. The summed E-state index contributed by atoms with van der Waals surface area (Å²) >= 11 is 5.88. The van der Waals surface area contributed by atoms with E-state index in [4.69, 9.17) is 26.8 Å². The average Bonchev–Trinajstić information content (AvgIpc) is 2.40. The SMILES string of the molecule is CCCOc1cc(Oc2cccc(Cl)c2)c(N)cc1F. The summed E-state index contributed by atoms with van der Waals surface area (Å²) in [7, 11) is 0. The number of anilines is 1. The minimum absolute atomic E-state index is 0.123. The summed E-state index contributed by atoms with van der Waals surface area (Å²) in [5.41, 5.74) is 5.95. The lowest BCUT2D eigenvalue weighted by molar-refractivity contribution is 0.300. The molecule has 0 aliphatic heterocycles. The van der Waals surface area contributed by atoms with Crippen LogP contribution < -0.4 is 15.2 Å². The van der Waals surface area contributed by atoms with Gasteiger partial charge in [-0.2, -0.15) is 0 Å². The van der Waals surface area contributed by atoms with Gasteiger partial charge in [0.25, 0.3) is 0 Å². The third-order valence-electron chi connectivity index (χ3n) is 2.55. The van der Waals surface area contributed by atoms with Gasteiger partial charge in [-0.25, -0.2) is 4.39 Å². The first-order valence-corrected chi connectivity index (χ1v) is 6.63. The van der Waals surface area contributed by atoms with Gasteiger partial charge in [-0.1, -0.05) is 24.6 Å². The number of nitrogen functional groups attached to an aromatic ring is 1. The van der Waals surface area contributed by atoms with E-state index in [1.165, 1.54) is 12.1 Å². The van der Waals surface area contributed by atoms with Gasteiger partial charge in [0.2, 0.25) is 0 Å². The highest BCUT2D eigenvalue weighted by molar-refractivity contribution is 6.30. The molecule has 0 amide bonds. The molecule has 5 heteroatoms.